The molecule has 1 aliphatic rings. The van der Waals surface area contributed by atoms with E-state index in [0.29, 0.717) is 0 Å². The Balaban J connectivity index is 1.24. The first-order valence-corrected chi connectivity index (χ1v) is 11.6. The van der Waals surface area contributed by atoms with Gasteiger partial charge in [0.1, 0.15) is 0 Å². The van der Waals surface area contributed by atoms with Crippen molar-refractivity contribution in [1.82, 2.24) is 19.4 Å². The second-order valence-electron chi connectivity index (χ2n) is 8.78. The van der Waals surface area contributed by atoms with Crippen LogP contribution in [0.3, 0.4) is 0 Å². The topological polar surface area (TPSA) is 34.0 Å². The van der Waals surface area contributed by atoms with Crippen molar-refractivity contribution < 1.29 is 0 Å². The molecule has 4 heteroatoms. The average molecular weight is 431 g/mol. The number of aromatic nitrogens is 3. The molecule has 0 amide bonds. The lowest BCUT2D eigenvalue weighted by Gasteiger charge is -2.28. The summed E-state index contributed by atoms with van der Waals surface area (Å²) in [7, 11) is 0. The summed E-state index contributed by atoms with van der Waals surface area (Å²) in [6.07, 6.45) is 5.32. The zero-order valence-corrected chi connectivity index (χ0v) is 18.6. The van der Waals surface area contributed by atoms with Gasteiger partial charge in [0.15, 0.2) is 5.82 Å². The molecule has 0 spiro atoms. The maximum Gasteiger partial charge on any atom is 0.159 e. The summed E-state index contributed by atoms with van der Waals surface area (Å²) >= 11 is 0. The number of nitrogens with zero attached hydrogens (tertiary/aromatic N) is 4. The van der Waals surface area contributed by atoms with Gasteiger partial charge in [-0.2, -0.15) is 0 Å². The molecule has 0 aliphatic carbocycles. The number of hydrogen-bond acceptors (Lipinski definition) is 3. The Labute approximate surface area is 194 Å². The highest BCUT2D eigenvalue weighted by atomic mass is 15.1. The van der Waals surface area contributed by atoms with Gasteiger partial charge in [-0.3, -0.25) is 4.90 Å². The Morgan fingerprint density at radius 1 is 0.788 bits per heavy atom. The van der Waals surface area contributed by atoms with E-state index in [0.717, 1.165) is 44.0 Å². The molecule has 3 heterocycles. The van der Waals surface area contributed by atoms with Gasteiger partial charge in [0, 0.05) is 67.0 Å². The van der Waals surface area contributed by atoms with Gasteiger partial charge in [0.2, 0.25) is 0 Å². The van der Waals surface area contributed by atoms with Crippen LogP contribution in [-0.4, -0.2) is 26.0 Å². The van der Waals surface area contributed by atoms with Gasteiger partial charge in [0.25, 0.3) is 0 Å². The number of hydrogen-bond donors (Lipinski definition) is 0. The van der Waals surface area contributed by atoms with Crippen LogP contribution < -0.4 is 0 Å². The van der Waals surface area contributed by atoms with E-state index in [2.05, 4.69) is 87.4 Å². The predicted octanol–water partition coefficient (Wildman–Crippen LogP) is 5.70. The first-order chi connectivity index (χ1) is 16.3. The zero-order chi connectivity index (χ0) is 22.0. The van der Waals surface area contributed by atoms with Crippen LogP contribution in [0.1, 0.15) is 22.4 Å². The largest absolute Gasteiger partial charge is 0.343 e. The van der Waals surface area contributed by atoms with Crippen molar-refractivity contribution >= 4 is 10.9 Å². The molecule has 2 aromatic heterocycles. The maximum atomic E-state index is 4.88. The minimum absolute atomic E-state index is 0.826. The van der Waals surface area contributed by atoms with Crippen LogP contribution in [0, 0.1) is 0 Å². The molecule has 5 aromatic rings. The van der Waals surface area contributed by atoms with Gasteiger partial charge < -0.3 is 4.57 Å². The standard InChI is InChI=1S/C29H26N4/c1-3-9-22(10-4-1)18-33-21-25(26-13-7-8-14-28(26)33)20-32-16-15-27-24(19-32)17-30-29(31-27)23-11-5-2-6-12-23/h1-14,17,21H,15-16,18-20H2. The third-order valence-corrected chi connectivity index (χ3v) is 6.51. The zero-order valence-electron chi connectivity index (χ0n) is 18.6. The summed E-state index contributed by atoms with van der Waals surface area (Å²) in [6, 6.07) is 29.7. The summed E-state index contributed by atoms with van der Waals surface area (Å²) in [5, 5.41) is 1.34. The van der Waals surface area contributed by atoms with Crippen LogP contribution in [0.5, 0.6) is 0 Å². The minimum atomic E-state index is 0.826. The first-order valence-electron chi connectivity index (χ1n) is 11.6. The summed E-state index contributed by atoms with van der Waals surface area (Å²) in [6.45, 7) is 3.72. The lowest BCUT2D eigenvalue weighted by atomic mass is 10.1. The molecule has 3 aromatic carbocycles. The molecule has 4 nitrogen and oxygen atoms in total. The molecular weight excluding hydrogens is 404 g/mol. The van der Waals surface area contributed by atoms with E-state index in [1.165, 1.54) is 33.3 Å². The summed E-state index contributed by atoms with van der Waals surface area (Å²) in [5.41, 5.74) is 7.51. The fourth-order valence-corrected chi connectivity index (χ4v) is 4.84. The number of benzene rings is 3. The van der Waals surface area contributed by atoms with E-state index in [1.807, 2.05) is 24.4 Å². The fourth-order valence-electron chi connectivity index (χ4n) is 4.84. The van der Waals surface area contributed by atoms with Crippen LogP contribution in [0.2, 0.25) is 0 Å². The van der Waals surface area contributed by atoms with Gasteiger partial charge in [-0.1, -0.05) is 78.9 Å². The van der Waals surface area contributed by atoms with E-state index in [4.69, 9.17) is 4.98 Å². The van der Waals surface area contributed by atoms with Gasteiger partial charge >= 0.3 is 0 Å². The van der Waals surface area contributed by atoms with Gasteiger partial charge in [-0.05, 0) is 17.2 Å². The van der Waals surface area contributed by atoms with Gasteiger partial charge in [-0.25, -0.2) is 9.97 Å². The molecule has 0 unspecified atom stereocenters. The van der Waals surface area contributed by atoms with Crippen molar-refractivity contribution in [2.75, 3.05) is 6.54 Å². The van der Waals surface area contributed by atoms with Crippen molar-refractivity contribution in [2.24, 2.45) is 0 Å². The molecular formula is C29H26N4. The molecule has 1 aliphatic heterocycles. The second-order valence-corrected chi connectivity index (χ2v) is 8.78. The van der Waals surface area contributed by atoms with Crippen LogP contribution >= 0.6 is 0 Å². The Morgan fingerprint density at radius 3 is 2.39 bits per heavy atom. The highest BCUT2D eigenvalue weighted by Crippen LogP contribution is 2.27. The number of rotatable bonds is 5. The SMILES string of the molecule is c1ccc(Cn2cc(CN3CCc4nc(-c5ccccc5)ncc4C3)c3ccccc32)cc1. The highest BCUT2D eigenvalue weighted by molar-refractivity contribution is 5.84. The van der Waals surface area contributed by atoms with E-state index in [9.17, 15) is 0 Å². The summed E-state index contributed by atoms with van der Waals surface area (Å²) in [4.78, 5) is 12.1. The smallest absolute Gasteiger partial charge is 0.159 e. The number of para-hydroxylation sites is 1. The molecule has 6 rings (SSSR count). The Bertz CT molecular complexity index is 1390. The third kappa shape index (κ3) is 4.06. The van der Waals surface area contributed by atoms with Gasteiger partial charge in [-0.15, -0.1) is 0 Å². The average Bonchev–Trinajstić information content (AvgIpc) is 3.22. The lowest BCUT2D eigenvalue weighted by molar-refractivity contribution is 0.243. The molecule has 0 radical (unpaired) electrons. The molecule has 0 fully saturated rings. The number of fused-ring (bicyclic) bond motifs is 2. The molecule has 0 saturated carbocycles. The molecule has 0 bridgehead atoms. The van der Waals surface area contributed by atoms with Crippen molar-refractivity contribution in [3.05, 3.63) is 120 Å². The minimum Gasteiger partial charge on any atom is -0.343 e. The van der Waals surface area contributed by atoms with Crippen LogP contribution in [0.15, 0.2) is 97.3 Å². The van der Waals surface area contributed by atoms with E-state index < -0.39 is 0 Å². The Morgan fingerprint density at radius 2 is 1.55 bits per heavy atom. The van der Waals surface area contributed by atoms with E-state index in [1.54, 1.807) is 0 Å². The fraction of sp³-hybridized carbons (Fsp3) is 0.172. The summed E-state index contributed by atoms with van der Waals surface area (Å²) in [5.74, 6) is 0.826. The van der Waals surface area contributed by atoms with E-state index in [-0.39, 0.29) is 0 Å². The predicted molar refractivity (Wildman–Crippen MR) is 133 cm³/mol. The summed E-state index contributed by atoms with van der Waals surface area (Å²) < 4.78 is 2.38. The maximum absolute atomic E-state index is 4.88. The Kier molecular flexibility index (Phi) is 5.21. The van der Waals surface area contributed by atoms with E-state index >= 15 is 0 Å². The Hall–Kier alpha value is -3.76. The molecule has 0 atom stereocenters. The van der Waals surface area contributed by atoms with Crippen LogP contribution in [-0.2, 0) is 26.1 Å². The van der Waals surface area contributed by atoms with Crippen molar-refractivity contribution in [2.45, 2.75) is 26.1 Å². The highest BCUT2D eigenvalue weighted by Gasteiger charge is 2.20. The second kappa shape index (κ2) is 8.64. The molecule has 0 saturated heterocycles. The van der Waals surface area contributed by atoms with Crippen molar-refractivity contribution in [3.8, 4) is 11.4 Å². The molecule has 0 N–H and O–H groups in total. The van der Waals surface area contributed by atoms with Crippen LogP contribution in [0.25, 0.3) is 22.3 Å². The normalized spacial score (nSPS) is 13.8. The molecule has 33 heavy (non-hydrogen) atoms. The van der Waals surface area contributed by atoms with Crippen molar-refractivity contribution in [3.63, 3.8) is 0 Å². The van der Waals surface area contributed by atoms with Gasteiger partial charge in [0.05, 0.1) is 5.69 Å². The third-order valence-electron chi connectivity index (χ3n) is 6.51. The van der Waals surface area contributed by atoms with Crippen molar-refractivity contribution in [1.29, 1.82) is 0 Å². The molecule has 162 valence electrons. The first kappa shape index (κ1) is 19.9. The lowest BCUT2D eigenvalue weighted by Crippen LogP contribution is -2.30. The quantitative estimate of drug-likeness (QED) is 0.358. The monoisotopic (exact) mass is 430 g/mol. The van der Waals surface area contributed by atoms with Crippen LogP contribution in [0.4, 0.5) is 0 Å².